The summed E-state index contributed by atoms with van der Waals surface area (Å²) in [4.78, 5) is 25.0. The molecule has 1 aliphatic carbocycles. The third kappa shape index (κ3) is 11.3. The number of anilines is 2. The van der Waals surface area contributed by atoms with Crippen LogP contribution in [0.25, 0.3) is 0 Å². The molecule has 0 unspecified atom stereocenters. The Balaban J connectivity index is 0.000000351. The van der Waals surface area contributed by atoms with Gasteiger partial charge in [0.05, 0.1) is 7.11 Å². The molecule has 0 spiro atoms. The number of carbonyl (C=O) groups excluding carboxylic acids is 2. The number of halogens is 1. The molecule has 192 valence electrons. The molecule has 2 aromatic carbocycles. The van der Waals surface area contributed by atoms with Gasteiger partial charge >= 0.3 is 51.4 Å². The number of methoxy groups -OCH3 is 1. The molecule has 8 heteroatoms. The number of carbonyl (C=O) groups is 1. The van der Waals surface area contributed by atoms with Gasteiger partial charge in [-0.1, -0.05) is 18.9 Å². The van der Waals surface area contributed by atoms with E-state index >= 15 is 0 Å². The SMILES string of the molecule is COc1cc(NC(=O)C2CC[CH-]CC2)ccc1C.[CH2-]c1c(Br)cc(NCCCN(C)C)cc1[C-]=O.[K+]. The molecule has 0 radical (unpaired) electrons. The van der Waals surface area contributed by atoms with Gasteiger partial charge in [-0.15, -0.1) is 26.5 Å². The van der Waals surface area contributed by atoms with Gasteiger partial charge in [-0.05, 0) is 57.6 Å². The molecule has 2 aromatic rings. The number of rotatable bonds is 9. The van der Waals surface area contributed by atoms with Crippen LogP contribution in [-0.2, 0) is 9.59 Å². The van der Waals surface area contributed by atoms with Crippen LogP contribution in [-0.4, -0.2) is 51.4 Å². The van der Waals surface area contributed by atoms with Crippen LogP contribution < -0.4 is 66.8 Å². The van der Waals surface area contributed by atoms with Crippen molar-refractivity contribution in [2.45, 2.75) is 39.0 Å². The summed E-state index contributed by atoms with van der Waals surface area (Å²) in [6.45, 7) is 7.71. The van der Waals surface area contributed by atoms with E-state index in [0.717, 1.165) is 72.4 Å². The Labute approximate surface area is 267 Å². The zero-order valence-electron chi connectivity index (χ0n) is 22.2. The molecule has 0 atom stereocenters. The van der Waals surface area contributed by atoms with Crippen LogP contribution in [0, 0.1) is 26.2 Å². The van der Waals surface area contributed by atoms with E-state index in [1.807, 2.05) is 51.6 Å². The summed E-state index contributed by atoms with van der Waals surface area (Å²) in [6, 6.07) is 9.46. The Bertz CT molecular complexity index is 979. The van der Waals surface area contributed by atoms with Crippen LogP contribution >= 0.6 is 15.9 Å². The predicted molar refractivity (Wildman–Crippen MR) is 148 cm³/mol. The first-order chi connectivity index (χ1) is 16.7. The molecule has 1 fully saturated rings. The summed E-state index contributed by atoms with van der Waals surface area (Å²) in [6.07, 6.45) is 9.25. The number of aryl methyl sites for hydroxylation is 1. The number of amides is 1. The average Bonchev–Trinajstić information content (AvgIpc) is 2.85. The van der Waals surface area contributed by atoms with Gasteiger partial charge in [-0.25, -0.2) is 0 Å². The van der Waals surface area contributed by atoms with Gasteiger partial charge in [0.2, 0.25) is 5.91 Å². The van der Waals surface area contributed by atoms with E-state index in [-0.39, 0.29) is 63.2 Å². The van der Waals surface area contributed by atoms with E-state index in [1.165, 1.54) is 0 Å². The Morgan fingerprint density at radius 3 is 2.53 bits per heavy atom. The first-order valence-corrected chi connectivity index (χ1v) is 12.7. The van der Waals surface area contributed by atoms with E-state index < -0.39 is 0 Å². The average molecular weight is 583 g/mol. The summed E-state index contributed by atoms with van der Waals surface area (Å²) in [7, 11) is 5.74. The molecule has 0 bridgehead atoms. The minimum absolute atomic E-state index is 0. The Morgan fingerprint density at radius 1 is 1.22 bits per heavy atom. The van der Waals surface area contributed by atoms with Crippen molar-refractivity contribution in [2.75, 3.05) is 44.9 Å². The molecule has 1 amide bonds. The van der Waals surface area contributed by atoms with Crippen LogP contribution in [0.15, 0.2) is 34.8 Å². The van der Waals surface area contributed by atoms with Gasteiger partial charge in [0.25, 0.3) is 0 Å². The van der Waals surface area contributed by atoms with E-state index in [4.69, 9.17) is 4.74 Å². The number of benzene rings is 2. The van der Waals surface area contributed by atoms with Crippen LogP contribution in [0.2, 0.25) is 0 Å². The molecule has 0 aliphatic heterocycles. The van der Waals surface area contributed by atoms with Crippen molar-refractivity contribution in [3.63, 3.8) is 0 Å². The second-order valence-corrected chi connectivity index (χ2v) is 9.84. The normalized spacial score (nSPS) is 13.2. The quantitative estimate of drug-likeness (QED) is 0.271. The molecule has 0 heterocycles. The topological polar surface area (TPSA) is 70.7 Å². The third-order valence-electron chi connectivity index (χ3n) is 5.90. The van der Waals surface area contributed by atoms with Crippen LogP contribution in [0.3, 0.4) is 0 Å². The fourth-order valence-corrected chi connectivity index (χ4v) is 4.25. The third-order valence-corrected chi connectivity index (χ3v) is 6.61. The van der Waals surface area contributed by atoms with E-state index in [2.05, 4.69) is 44.8 Å². The van der Waals surface area contributed by atoms with Crippen molar-refractivity contribution in [3.8, 4) is 5.75 Å². The molecule has 0 aromatic heterocycles. The summed E-state index contributed by atoms with van der Waals surface area (Å²) in [5.74, 6) is 1.10. The Hall–Kier alpha value is -0.874. The molecular formula is C28H37BrKN3O3-2. The summed E-state index contributed by atoms with van der Waals surface area (Å²) in [5.41, 5.74) is 3.98. The van der Waals surface area contributed by atoms with E-state index in [0.29, 0.717) is 11.1 Å². The fourth-order valence-electron chi connectivity index (χ4n) is 3.79. The predicted octanol–water partition coefficient (Wildman–Crippen LogP) is 2.79. The maximum atomic E-state index is 12.1. The largest absolute Gasteiger partial charge is 1.00 e. The molecule has 6 nitrogen and oxygen atoms in total. The number of hydrogen-bond donors (Lipinski definition) is 2. The molecule has 2 N–H and O–H groups in total. The number of nitrogens with zero attached hydrogens (tertiary/aromatic N) is 1. The molecule has 1 saturated carbocycles. The summed E-state index contributed by atoms with van der Waals surface area (Å²) >= 11 is 3.38. The summed E-state index contributed by atoms with van der Waals surface area (Å²) < 4.78 is 6.08. The number of hydrogen-bond acceptors (Lipinski definition) is 5. The van der Waals surface area contributed by atoms with Gasteiger partial charge < -0.3 is 31.5 Å². The van der Waals surface area contributed by atoms with Crippen molar-refractivity contribution >= 4 is 39.5 Å². The van der Waals surface area contributed by atoms with Gasteiger partial charge in [0, 0.05) is 24.2 Å². The number of ether oxygens (including phenoxy) is 1. The van der Waals surface area contributed by atoms with E-state index in [1.54, 1.807) is 13.2 Å². The van der Waals surface area contributed by atoms with Crippen LogP contribution in [0.4, 0.5) is 11.4 Å². The molecule has 1 aliphatic rings. The van der Waals surface area contributed by atoms with Gasteiger partial charge in [-0.3, -0.25) is 22.8 Å². The Kier molecular flexibility index (Phi) is 16.2. The second kappa shape index (κ2) is 17.6. The molecule has 3 rings (SSSR count). The minimum Gasteiger partial charge on any atom is -0.496 e. The van der Waals surface area contributed by atoms with Gasteiger partial charge in [0.15, 0.2) is 0 Å². The first-order valence-electron chi connectivity index (χ1n) is 11.9. The zero-order valence-corrected chi connectivity index (χ0v) is 27.0. The monoisotopic (exact) mass is 581 g/mol. The standard InChI is InChI=1S/C15H20NO2.C13H17BrN2O.K/c1-11-8-9-13(10-14(11)18-2)16-15(17)12-6-4-3-5-7-12;1-10-11(9-17)7-12(8-13(10)14)15-5-4-6-16(2)3;/h3,8-10,12H,4-7H2,1-2H3,(H,16,17);7-8,15H,1,4-6H2,2-3H3;/q-1;-2;+1. The second-order valence-electron chi connectivity index (χ2n) is 8.98. The van der Waals surface area contributed by atoms with Crippen molar-refractivity contribution in [1.82, 2.24) is 4.90 Å². The maximum absolute atomic E-state index is 12.1. The van der Waals surface area contributed by atoms with Crippen molar-refractivity contribution in [1.29, 1.82) is 0 Å². The van der Waals surface area contributed by atoms with Crippen molar-refractivity contribution < 1.29 is 65.7 Å². The minimum atomic E-state index is 0. The van der Waals surface area contributed by atoms with Crippen LogP contribution in [0.1, 0.15) is 48.8 Å². The Morgan fingerprint density at radius 2 is 1.92 bits per heavy atom. The summed E-state index contributed by atoms with van der Waals surface area (Å²) in [5, 5.41) is 6.26. The van der Waals surface area contributed by atoms with Gasteiger partial charge in [-0.2, -0.15) is 18.9 Å². The number of nitrogens with one attached hydrogen (secondary N) is 2. The van der Waals surface area contributed by atoms with E-state index in [9.17, 15) is 9.59 Å². The van der Waals surface area contributed by atoms with Crippen molar-refractivity contribution in [2.24, 2.45) is 5.92 Å². The molecule has 36 heavy (non-hydrogen) atoms. The first kappa shape index (κ1) is 33.2. The molecular weight excluding hydrogens is 545 g/mol. The zero-order chi connectivity index (χ0) is 25.8. The van der Waals surface area contributed by atoms with Crippen molar-refractivity contribution in [3.05, 3.63) is 64.8 Å². The maximum Gasteiger partial charge on any atom is 1.00 e. The van der Waals surface area contributed by atoms with Crippen LogP contribution in [0.5, 0.6) is 5.75 Å². The van der Waals surface area contributed by atoms with Gasteiger partial charge in [0.1, 0.15) is 5.75 Å². The molecule has 0 saturated heterocycles. The fraction of sp³-hybridized carbons (Fsp3) is 0.429. The smallest absolute Gasteiger partial charge is 0.496 e.